The van der Waals surface area contributed by atoms with Crippen molar-refractivity contribution in [2.45, 2.75) is 4.96 Å². The zero-order valence-corrected chi connectivity index (χ0v) is 5.56. The van der Waals surface area contributed by atoms with E-state index in [0.29, 0.717) is 3.94 Å². The maximum Gasteiger partial charge on any atom is 0.188 e. The zero-order valence-electron chi connectivity index (χ0n) is 2.54. The van der Waals surface area contributed by atoms with Crippen LogP contribution >= 0.6 is 46.8 Å². The lowest BCUT2D eigenvalue weighted by molar-refractivity contribution is 0.795. The molecule has 0 bridgehead atoms. The third-order valence-corrected chi connectivity index (χ3v) is 1.33. The molecule has 0 aliphatic rings. The Kier molecular flexibility index (Phi) is 3.76. The fraction of sp³-hybridized carbons (Fsp3) is 1.00. The highest BCUT2D eigenvalue weighted by atomic mass is 35.6. The van der Waals surface area contributed by atoms with Gasteiger partial charge in [0.15, 0.2) is 4.96 Å². The molecule has 0 N–H and O–H groups in total. The Balaban J connectivity index is 2.99. The van der Waals surface area contributed by atoms with Crippen LogP contribution in [0.1, 0.15) is 0 Å². The van der Waals surface area contributed by atoms with Gasteiger partial charge in [-0.2, -0.15) is 0 Å². The van der Waals surface area contributed by atoms with Crippen molar-refractivity contribution in [3.05, 3.63) is 0 Å². The minimum absolute atomic E-state index is 0.642. The van der Waals surface area contributed by atoms with E-state index in [1.54, 1.807) is 0 Å². The number of halogens is 4. The molecule has 0 saturated carbocycles. The van der Waals surface area contributed by atoms with Crippen LogP contribution in [0.25, 0.3) is 0 Å². The summed E-state index contributed by atoms with van der Waals surface area (Å²) < 4.78 is 0.642. The third-order valence-electron chi connectivity index (χ3n) is 0.148. The number of hydrogen-bond donors (Lipinski definition) is 0. The van der Waals surface area contributed by atoms with Gasteiger partial charge in [0.05, 0.1) is 0 Å². The van der Waals surface area contributed by atoms with E-state index in [1.807, 2.05) is 0 Å². The van der Waals surface area contributed by atoms with Crippen LogP contribution in [-0.4, -0.2) is 8.90 Å². The van der Waals surface area contributed by atoms with E-state index in [-0.39, 0.29) is 0 Å². The Hall–Kier alpha value is 1.12. The maximum atomic E-state index is 5.04. The molecule has 6 heavy (non-hydrogen) atoms. The first kappa shape index (κ1) is 7.12. The summed E-state index contributed by atoms with van der Waals surface area (Å²) in [5.41, 5.74) is 0. The van der Waals surface area contributed by atoms with Crippen molar-refractivity contribution in [3.63, 3.8) is 0 Å². The molecule has 0 radical (unpaired) electrons. The Morgan fingerprint density at radius 1 is 1.17 bits per heavy atom. The molecule has 0 aromatic carbocycles. The number of hydrogen-bond acceptors (Lipinski definition) is 1. The fourth-order valence-electron chi connectivity index (χ4n) is 0. The van der Waals surface area contributed by atoms with E-state index < -0.39 is 4.96 Å². The van der Waals surface area contributed by atoms with Crippen LogP contribution < -0.4 is 0 Å². The monoisotopic (exact) mass is 167 g/mol. The summed E-state index contributed by atoms with van der Waals surface area (Å²) in [6.07, 6.45) is 0. The zero-order chi connectivity index (χ0) is 5.15. The summed E-state index contributed by atoms with van der Waals surface area (Å²) in [6.45, 7) is 0. The molecule has 0 aromatic heterocycles. The van der Waals surface area contributed by atoms with Gasteiger partial charge in [-0.25, -0.2) is 0 Å². The van der Waals surface area contributed by atoms with Gasteiger partial charge in [-0.1, -0.05) is 27.1 Å². The molecule has 0 atom stereocenters. The highest BCUT2D eigenvalue weighted by Crippen LogP contribution is 2.13. The van der Waals surface area contributed by atoms with Crippen molar-refractivity contribution in [2.24, 2.45) is 0 Å². The van der Waals surface area contributed by atoms with Gasteiger partial charge in [0.2, 0.25) is 0 Å². The van der Waals surface area contributed by atoms with Crippen LogP contribution in [0.4, 0.5) is 0 Å². The summed E-state index contributed by atoms with van der Waals surface area (Å²) in [5.74, 6) is 0. The molecule has 0 aromatic rings. The van der Waals surface area contributed by atoms with Crippen LogP contribution in [0.15, 0.2) is 0 Å². The molecule has 5 heteroatoms. The maximum absolute atomic E-state index is 5.04. The third kappa shape index (κ3) is 3.32. The van der Waals surface area contributed by atoms with Crippen molar-refractivity contribution in [3.8, 4) is 0 Å². The van der Waals surface area contributed by atoms with Gasteiger partial charge >= 0.3 is 0 Å². The van der Waals surface area contributed by atoms with Crippen LogP contribution in [0.2, 0.25) is 0 Å². The molecule has 38 valence electrons. The van der Waals surface area contributed by atoms with Crippen LogP contribution in [0, 0.1) is 0 Å². The summed E-state index contributed by atoms with van der Waals surface area (Å²) in [7, 11) is 0. The van der Waals surface area contributed by atoms with Crippen molar-refractivity contribution in [1.29, 1.82) is 0 Å². The molecule has 0 unspecified atom stereocenters. The topological polar surface area (TPSA) is 3.24 Å². The average Bonchev–Trinajstić information content (AvgIpc) is 1.36. The van der Waals surface area contributed by atoms with Gasteiger partial charge in [0.1, 0.15) is 0 Å². The second-order valence-electron chi connectivity index (χ2n) is 0.537. The lowest BCUT2D eigenvalue weighted by Gasteiger charge is -1.99. The van der Waals surface area contributed by atoms with Gasteiger partial charge in [0.25, 0.3) is 0 Å². The van der Waals surface area contributed by atoms with Crippen molar-refractivity contribution < 1.29 is 0 Å². The second-order valence-corrected chi connectivity index (χ2v) is 2.49. The Bertz CT molecular complexity index is 28.5. The first-order chi connectivity index (χ1) is 2.64. The molecule has 0 amide bonds. The van der Waals surface area contributed by atoms with Gasteiger partial charge in [-0.15, -0.1) is 0 Å². The van der Waals surface area contributed by atoms with E-state index in [9.17, 15) is 0 Å². The molecule has 0 saturated heterocycles. The quantitative estimate of drug-likeness (QED) is 0.330. The lowest BCUT2D eigenvalue weighted by Crippen LogP contribution is -2.00. The summed E-state index contributed by atoms with van der Waals surface area (Å²) in [6, 6.07) is 0. The highest BCUT2D eigenvalue weighted by Gasteiger charge is 2.02. The largest absolute Gasteiger partial charge is 0.188 e. The predicted octanol–water partition coefficient (Wildman–Crippen LogP) is 2.36. The molecule has 0 fully saturated rings. The second kappa shape index (κ2) is 3.16. The average molecular weight is 169 g/mol. The van der Waals surface area contributed by atoms with E-state index >= 15 is 0 Å². The highest BCUT2D eigenvalue weighted by molar-refractivity contribution is 6.50. The minimum Gasteiger partial charge on any atom is -0.0983 e. The number of alkyl halides is 2. The smallest absolute Gasteiger partial charge is 0.0983 e. The van der Waals surface area contributed by atoms with E-state index in [4.69, 9.17) is 46.8 Å². The van der Waals surface area contributed by atoms with Crippen molar-refractivity contribution >= 4 is 46.8 Å². The van der Waals surface area contributed by atoms with E-state index in [2.05, 4.69) is 0 Å². The Morgan fingerprint density at radius 3 is 1.33 bits per heavy atom. The van der Waals surface area contributed by atoms with E-state index in [1.165, 1.54) is 0 Å². The number of nitrogens with zero attached hydrogens (tertiary/aromatic N) is 1. The van der Waals surface area contributed by atoms with Gasteiger partial charge in [-0.3, -0.25) is 0 Å². The van der Waals surface area contributed by atoms with Crippen LogP contribution in [0.3, 0.4) is 0 Å². The number of rotatable bonds is 1. The molecule has 0 heterocycles. The molecular formula is CHCl4N. The Morgan fingerprint density at radius 2 is 1.33 bits per heavy atom. The normalized spacial score (nSPS) is 11.0. The molecule has 0 rings (SSSR count). The minimum atomic E-state index is -0.840. The molecular weight excluding hydrogens is 168 g/mol. The fourth-order valence-corrected chi connectivity index (χ4v) is 0. The Labute approximate surface area is 55.9 Å². The SMILES string of the molecule is ClC(Cl)N(Cl)Cl. The molecule has 0 aliphatic heterocycles. The molecule has 1 nitrogen and oxygen atoms in total. The van der Waals surface area contributed by atoms with Crippen molar-refractivity contribution in [2.75, 3.05) is 0 Å². The van der Waals surface area contributed by atoms with Crippen LogP contribution in [-0.2, 0) is 0 Å². The summed E-state index contributed by atoms with van der Waals surface area (Å²) >= 11 is 20.0. The molecule has 0 spiro atoms. The van der Waals surface area contributed by atoms with Gasteiger partial charge < -0.3 is 0 Å². The standard InChI is InChI=1S/CHCl4N/c2-1(3)6(4)5/h1H. The van der Waals surface area contributed by atoms with Crippen LogP contribution in [0.5, 0.6) is 0 Å². The van der Waals surface area contributed by atoms with Gasteiger partial charge in [-0.05, 0) is 23.6 Å². The molecule has 0 aliphatic carbocycles. The summed E-state index contributed by atoms with van der Waals surface area (Å²) in [4.78, 5) is -0.840. The lowest BCUT2D eigenvalue weighted by atomic mass is 11.5. The summed E-state index contributed by atoms with van der Waals surface area (Å²) in [5, 5.41) is 0. The van der Waals surface area contributed by atoms with Crippen molar-refractivity contribution in [1.82, 2.24) is 3.94 Å². The van der Waals surface area contributed by atoms with E-state index in [0.717, 1.165) is 0 Å². The first-order valence-electron chi connectivity index (χ1n) is 1.03. The van der Waals surface area contributed by atoms with Gasteiger partial charge in [0, 0.05) is 0 Å². The predicted molar refractivity (Wildman–Crippen MR) is 29.0 cm³/mol. The first-order valence-corrected chi connectivity index (χ1v) is 2.58.